The van der Waals surface area contributed by atoms with E-state index < -0.39 is 0 Å². The Hall–Kier alpha value is -0.770. The number of carbonyl (C=O) groups excluding carboxylic acids is 1. The highest BCUT2D eigenvalue weighted by Gasteiger charge is 2.24. The van der Waals surface area contributed by atoms with Gasteiger partial charge < -0.3 is 15.0 Å². The molecule has 0 aromatic carbocycles. The molecule has 0 aromatic heterocycles. The maximum Gasteiger partial charge on any atom is 0.317 e. The molecule has 0 bridgehead atoms. The summed E-state index contributed by atoms with van der Waals surface area (Å²) in [5.74, 6) is 0.675. The summed E-state index contributed by atoms with van der Waals surface area (Å²) < 4.78 is 5.25. The van der Waals surface area contributed by atoms with Crippen molar-refractivity contribution < 1.29 is 9.53 Å². The molecule has 0 spiro atoms. The lowest BCUT2D eigenvalue weighted by atomic mass is 9.84. The maximum atomic E-state index is 12.0. The number of urea groups is 1. The Balaban J connectivity index is 1.76. The van der Waals surface area contributed by atoms with E-state index in [0.29, 0.717) is 25.2 Å². The van der Waals surface area contributed by atoms with Gasteiger partial charge in [0.25, 0.3) is 0 Å². The first-order valence-electron chi connectivity index (χ1n) is 6.90. The summed E-state index contributed by atoms with van der Waals surface area (Å²) in [6.45, 7) is 4.94. The summed E-state index contributed by atoms with van der Waals surface area (Å²) in [6, 6.07) is 0.400. The molecule has 1 aliphatic carbocycles. The van der Waals surface area contributed by atoms with Crippen molar-refractivity contribution in [3.05, 3.63) is 0 Å². The van der Waals surface area contributed by atoms with Crippen LogP contribution in [0.15, 0.2) is 0 Å². The van der Waals surface area contributed by atoms with E-state index in [4.69, 9.17) is 4.74 Å². The van der Waals surface area contributed by atoms with Gasteiger partial charge in [0.1, 0.15) is 0 Å². The van der Waals surface area contributed by atoms with E-state index in [-0.39, 0.29) is 6.03 Å². The number of rotatable bonds is 2. The van der Waals surface area contributed by atoms with Gasteiger partial charge in [0.15, 0.2) is 0 Å². The number of morpholine rings is 1. The molecule has 17 heavy (non-hydrogen) atoms. The molecule has 2 rings (SSSR count). The largest absolute Gasteiger partial charge is 0.378 e. The highest BCUT2D eigenvalue weighted by molar-refractivity contribution is 5.74. The Kier molecular flexibility index (Phi) is 4.66. The monoisotopic (exact) mass is 240 g/mol. The standard InChI is InChI=1S/C13H24N2O2/c1-11(12-5-3-2-4-6-12)14-13(16)15-7-9-17-10-8-15/h11-12H,2-10H2,1H3,(H,14,16). The van der Waals surface area contributed by atoms with Gasteiger partial charge in [0.05, 0.1) is 13.2 Å². The zero-order chi connectivity index (χ0) is 12.1. The van der Waals surface area contributed by atoms with E-state index in [0.717, 1.165) is 13.1 Å². The maximum absolute atomic E-state index is 12.0. The van der Waals surface area contributed by atoms with Crippen LogP contribution in [0.1, 0.15) is 39.0 Å². The Morgan fingerprint density at radius 1 is 1.24 bits per heavy atom. The zero-order valence-electron chi connectivity index (χ0n) is 10.8. The highest BCUT2D eigenvalue weighted by atomic mass is 16.5. The summed E-state index contributed by atoms with van der Waals surface area (Å²) in [5, 5.41) is 3.15. The molecular formula is C13H24N2O2. The van der Waals surface area contributed by atoms with Crippen LogP contribution in [0.25, 0.3) is 0 Å². The lowest BCUT2D eigenvalue weighted by Gasteiger charge is -2.32. The van der Waals surface area contributed by atoms with E-state index >= 15 is 0 Å². The van der Waals surface area contributed by atoms with Gasteiger partial charge in [-0.15, -0.1) is 0 Å². The summed E-state index contributed by atoms with van der Waals surface area (Å²) >= 11 is 0. The summed E-state index contributed by atoms with van der Waals surface area (Å²) in [6.07, 6.45) is 6.54. The van der Waals surface area contributed by atoms with Crippen LogP contribution in [-0.4, -0.2) is 43.3 Å². The van der Waals surface area contributed by atoms with E-state index in [1.807, 2.05) is 4.90 Å². The first kappa shape index (κ1) is 12.7. The van der Waals surface area contributed by atoms with Crippen LogP contribution >= 0.6 is 0 Å². The molecule has 1 heterocycles. The highest BCUT2D eigenvalue weighted by Crippen LogP contribution is 2.26. The fourth-order valence-corrected chi connectivity index (χ4v) is 2.80. The third-order valence-corrected chi connectivity index (χ3v) is 4.01. The van der Waals surface area contributed by atoms with Crippen LogP contribution < -0.4 is 5.32 Å². The van der Waals surface area contributed by atoms with Crippen LogP contribution in [0, 0.1) is 5.92 Å². The molecule has 2 fully saturated rings. The minimum Gasteiger partial charge on any atom is -0.378 e. The van der Waals surface area contributed by atoms with Crippen LogP contribution in [-0.2, 0) is 4.74 Å². The molecule has 98 valence electrons. The lowest BCUT2D eigenvalue weighted by molar-refractivity contribution is 0.0518. The van der Waals surface area contributed by atoms with E-state index in [1.54, 1.807) is 0 Å². The van der Waals surface area contributed by atoms with Crippen LogP contribution in [0.5, 0.6) is 0 Å². The average molecular weight is 240 g/mol. The second-order valence-electron chi connectivity index (χ2n) is 5.24. The van der Waals surface area contributed by atoms with Crippen molar-refractivity contribution in [2.24, 2.45) is 5.92 Å². The van der Waals surface area contributed by atoms with Crippen LogP contribution in [0.2, 0.25) is 0 Å². The number of hydrogen-bond acceptors (Lipinski definition) is 2. The van der Waals surface area contributed by atoms with Crippen molar-refractivity contribution in [2.45, 2.75) is 45.1 Å². The third kappa shape index (κ3) is 3.60. The predicted octanol–water partition coefficient (Wildman–Crippen LogP) is 2.00. The van der Waals surface area contributed by atoms with E-state index in [1.165, 1.54) is 32.1 Å². The van der Waals surface area contributed by atoms with Crippen molar-refractivity contribution in [1.82, 2.24) is 10.2 Å². The van der Waals surface area contributed by atoms with Crippen LogP contribution in [0.4, 0.5) is 4.79 Å². The molecule has 4 heteroatoms. The summed E-state index contributed by atoms with van der Waals surface area (Å²) in [4.78, 5) is 13.9. The van der Waals surface area contributed by atoms with Gasteiger partial charge in [-0.05, 0) is 25.7 Å². The first-order chi connectivity index (χ1) is 8.27. The van der Waals surface area contributed by atoms with Crippen molar-refractivity contribution in [3.8, 4) is 0 Å². The Bertz CT molecular complexity index is 246. The minimum atomic E-state index is 0.0892. The molecule has 1 N–H and O–H groups in total. The fraction of sp³-hybridized carbons (Fsp3) is 0.923. The molecule has 0 aromatic rings. The van der Waals surface area contributed by atoms with Gasteiger partial charge in [-0.1, -0.05) is 19.3 Å². The molecule has 1 atom stereocenters. The number of amides is 2. The smallest absolute Gasteiger partial charge is 0.317 e. The minimum absolute atomic E-state index is 0.0892. The molecular weight excluding hydrogens is 216 g/mol. The number of carbonyl (C=O) groups is 1. The molecule has 1 unspecified atom stereocenters. The molecule has 0 radical (unpaired) electrons. The van der Waals surface area contributed by atoms with Gasteiger partial charge in [-0.2, -0.15) is 0 Å². The fourth-order valence-electron chi connectivity index (χ4n) is 2.80. The van der Waals surface area contributed by atoms with Gasteiger partial charge >= 0.3 is 6.03 Å². The zero-order valence-corrected chi connectivity index (χ0v) is 10.8. The van der Waals surface area contributed by atoms with E-state index in [2.05, 4.69) is 12.2 Å². The van der Waals surface area contributed by atoms with Crippen molar-refractivity contribution in [3.63, 3.8) is 0 Å². The molecule has 2 amide bonds. The number of nitrogens with one attached hydrogen (secondary N) is 1. The lowest BCUT2D eigenvalue weighted by Crippen LogP contribution is -2.50. The topological polar surface area (TPSA) is 41.6 Å². The molecule has 4 nitrogen and oxygen atoms in total. The summed E-state index contributed by atoms with van der Waals surface area (Å²) in [5.41, 5.74) is 0. The van der Waals surface area contributed by atoms with E-state index in [9.17, 15) is 4.79 Å². The molecule has 1 saturated heterocycles. The average Bonchev–Trinajstić information content (AvgIpc) is 2.40. The van der Waals surface area contributed by atoms with Gasteiger partial charge in [0, 0.05) is 19.1 Å². The van der Waals surface area contributed by atoms with Crippen LogP contribution in [0.3, 0.4) is 0 Å². The summed E-state index contributed by atoms with van der Waals surface area (Å²) in [7, 11) is 0. The van der Waals surface area contributed by atoms with Crippen molar-refractivity contribution in [1.29, 1.82) is 0 Å². The third-order valence-electron chi connectivity index (χ3n) is 4.01. The van der Waals surface area contributed by atoms with Gasteiger partial charge in [-0.25, -0.2) is 4.79 Å². The molecule has 2 aliphatic rings. The molecule has 1 aliphatic heterocycles. The van der Waals surface area contributed by atoms with Gasteiger partial charge in [-0.3, -0.25) is 0 Å². The number of hydrogen-bond donors (Lipinski definition) is 1. The Labute approximate surface area is 104 Å². The Morgan fingerprint density at radius 3 is 2.53 bits per heavy atom. The normalized spacial score (nSPS) is 24.4. The second kappa shape index (κ2) is 6.24. The van der Waals surface area contributed by atoms with Gasteiger partial charge in [0.2, 0.25) is 0 Å². The van der Waals surface area contributed by atoms with Crippen molar-refractivity contribution >= 4 is 6.03 Å². The molecule has 1 saturated carbocycles. The first-order valence-corrected chi connectivity index (χ1v) is 6.90. The second-order valence-corrected chi connectivity index (χ2v) is 5.24. The SMILES string of the molecule is CC(NC(=O)N1CCOCC1)C1CCCCC1. The van der Waals surface area contributed by atoms with Crippen molar-refractivity contribution in [2.75, 3.05) is 26.3 Å². The predicted molar refractivity (Wildman–Crippen MR) is 67.0 cm³/mol. The Morgan fingerprint density at radius 2 is 1.88 bits per heavy atom. The number of ether oxygens (including phenoxy) is 1. The quantitative estimate of drug-likeness (QED) is 0.802. The number of nitrogens with zero attached hydrogens (tertiary/aromatic N) is 1.